The van der Waals surface area contributed by atoms with Gasteiger partial charge in [-0.1, -0.05) is 11.8 Å². The summed E-state index contributed by atoms with van der Waals surface area (Å²) in [6, 6.07) is 3.92. The number of anilines is 1. The number of nitrogens with zero attached hydrogens (tertiary/aromatic N) is 1. The Morgan fingerprint density at radius 2 is 1.75 bits per heavy atom. The van der Waals surface area contributed by atoms with Crippen LogP contribution in [0.3, 0.4) is 0 Å². The molecular formula is C12H7F5N2S. The van der Waals surface area contributed by atoms with E-state index in [1.165, 1.54) is 6.07 Å². The minimum Gasteiger partial charge on any atom is -0.398 e. The van der Waals surface area contributed by atoms with Crippen molar-refractivity contribution in [3.05, 3.63) is 47.7 Å². The lowest BCUT2D eigenvalue weighted by Gasteiger charge is -2.08. The fraction of sp³-hybridized carbons (Fsp3) is 0.0833. The van der Waals surface area contributed by atoms with Crippen LogP contribution >= 0.6 is 11.8 Å². The van der Waals surface area contributed by atoms with Gasteiger partial charge >= 0.3 is 6.18 Å². The summed E-state index contributed by atoms with van der Waals surface area (Å²) in [6.07, 6.45) is -3.88. The molecule has 0 bridgehead atoms. The number of hydrogen-bond donors (Lipinski definition) is 1. The highest BCUT2D eigenvalue weighted by molar-refractivity contribution is 7.99. The van der Waals surface area contributed by atoms with E-state index in [1.807, 2.05) is 0 Å². The van der Waals surface area contributed by atoms with Crippen molar-refractivity contribution in [2.45, 2.75) is 16.1 Å². The van der Waals surface area contributed by atoms with Gasteiger partial charge in [-0.3, -0.25) is 0 Å². The number of hydrogen-bond acceptors (Lipinski definition) is 3. The van der Waals surface area contributed by atoms with Crippen LogP contribution in [0.25, 0.3) is 0 Å². The normalized spacial score (nSPS) is 11.7. The molecule has 2 aromatic rings. The average molecular weight is 306 g/mol. The number of benzene rings is 1. The Labute approximate surface area is 114 Å². The van der Waals surface area contributed by atoms with Crippen LogP contribution in [-0.4, -0.2) is 4.98 Å². The van der Waals surface area contributed by atoms with Crippen molar-refractivity contribution >= 4 is 17.4 Å². The van der Waals surface area contributed by atoms with Gasteiger partial charge < -0.3 is 5.73 Å². The van der Waals surface area contributed by atoms with E-state index in [1.54, 1.807) is 0 Å². The number of nitrogens with two attached hydrogens (primary N) is 1. The van der Waals surface area contributed by atoms with Crippen LogP contribution in [0, 0.1) is 11.6 Å². The average Bonchev–Trinajstić information content (AvgIpc) is 2.39. The highest BCUT2D eigenvalue weighted by atomic mass is 32.2. The van der Waals surface area contributed by atoms with E-state index in [0.29, 0.717) is 18.0 Å². The zero-order valence-corrected chi connectivity index (χ0v) is 10.5. The summed E-state index contributed by atoms with van der Waals surface area (Å²) >= 11 is 0.656. The largest absolute Gasteiger partial charge is 0.417 e. The molecule has 0 saturated carbocycles. The van der Waals surface area contributed by atoms with Crippen molar-refractivity contribution in [2.75, 3.05) is 5.73 Å². The Hall–Kier alpha value is -1.83. The molecule has 20 heavy (non-hydrogen) atoms. The van der Waals surface area contributed by atoms with Gasteiger partial charge in [0, 0.05) is 11.9 Å². The first kappa shape index (κ1) is 14.6. The van der Waals surface area contributed by atoms with Crippen LogP contribution in [0.1, 0.15) is 5.56 Å². The summed E-state index contributed by atoms with van der Waals surface area (Å²) in [5.41, 5.74) is 4.56. The second-order valence-corrected chi connectivity index (χ2v) is 4.80. The van der Waals surface area contributed by atoms with Crippen LogP contribution < -0.4 is 5.73 Å². The molecule has 0 fully saturated rings. The lowest BCUT2D eigenvalue weighted by molar-refractivity contribution is -0.137. The molecule has 0 spiro atoms. The molecule has 0 aliphatic rings. The molecule has 1 aromatic carbocycles. The van der Waals surface area contributed by atoms with Crippen LogP contribution in [0.2, 0.25) is 0 Å². The molecule has 0 amide bonds. The van der Waals surface area contributed by atoms with E-state index in [2.05, 4.69) is 4.98 Å². The second-order valence-electron chi connectivity index (χ2n) is 3.76. The maximum atomic E-state index is 13.5. The molecule has 8 heteroatoms. The molecule has 0 radical (unpaired) electrons. The molecule has 0 aliphatic carbocycles. The van der Waals surface area contributed by atoms with Gasteiger partial charge in [0.2, 0.25) is 0 Å². The predicted molar refractivity (Wildman–Crippen MR) is 64.1 cm³/mol. The molecule has 0 aliphatic heterocycles. The van der Waals surface area contributed by atoms with Gasteiger partial charge in [0.25, 0.3) is 0 Å². The lowest BCUT2D eigenvalue weighted by atomic mass is 10.3. The highest BCUT2D eigenvalue weighted by Gasteiger charge is 2.30. The third kappa shape index (κ3) is 3.01. The van der Waals surface area contributed by atoms with E-state index in [4.69, 9.17) is 5.73 Å². The maximum Gasteiger partial charge on any atom is 0.417 e. The van der Waals surface area contributed by atoms with Crippen molar-refractivity contribution in [1.29, 1.82) is 0 Å². The van der Waals surface area contributed by atoms with E-state index in [9.17, 15) is 22.0 Å². The van der Waals surface area contributed by atoms with Crippen LogP contribution in [-0.2, 0) is 6.18 Å². The first-order chi connectivity index (χ1) is 9.29. The summed E-state index contributed by atoms with van der Waals surface area (Å²) in [4.78, 5) is 3.34. The summed E-state index contributed by atoms with van der Waals surface area (Å²) < 4.78 is 63.7. The summed E-state index contributed by atoms with van der Waals surface area (Å²) in [7, 11) is 0. The minimum atomic E-state index is -4.50. The first-order valence-corrected chi connectivity index (χ1v) is 6.05. The Balaban J connectivity index is 2.30. The van der Waals surface area contributed by atoms with Crippen LogP contribution in [0.5, 0.6) is 0 Å². The number of nitrogen functional groups attached to an aromatic ring is 1. The molecule has 2 rings (SSSR count). The number of pyridine rings is 1. The highest BCUT2D eigenvalue weighted by Crippen LogP contribution is 2.35. The van der Waals surface area contributed by atoms with Crippen molar-refractivity contribution in [3.8, 4) is 0 Å². The molecule has 1 heterocycles. The van der Waals surface area contributed by atoms with E-state index >= 15 is 0 Å². The minimum absolute atomic E-state index is 0.0180. The van der Waals surface area contributed by atoms with Gasteiger partial charge in [0.1, 0.15) is 5.03 Å². The summed E-state index contributed by atoms with van der Waals surface area (Å²) in [6.45, 7) is 0. The monoisotopic (exact) mass is 306 g/mol. The van der Waals surface area contributed by atoms with Crippen molar-refractivity contribution < 1.29 is 22.0 Å². The number of rotatable bonds is 2. The number of halogens is 5. The van der Waals surface area contributed by atoms with Gasteiger partial charge in [-0.05, 0) is 24.3 Å². The number of alkyl halides is 3. The fourth-order valence-electron chi connectivity index (χ4n) is 1.36. The first-order valence-electron chi connectivity index (χ1n) is 5.23. The molecule has 1 aromatic heterocycles. The molecule has 2 N–H and O–H groups in total. The van der Waals surface area contributed by atoms with Crippen LogP contribution in [0.15, 0.2) is 40.4 Å². The smallest absolute Gasteiger partial charge is 0.398 e. The lowest BCUT2D eigenvalue weighted by Crippen LogP contribution is -2.05. The Kier molecular flexibility index (Phi) is 3.85. The topological polar surface area (TPSA) is 38.9 Å². The molecule has 0 atom stereocenters. The summed E-state index contributed by atoms with van der Waals surface area (Å²) in [5.74, 6) is -2.25. The zero-order valence-electron chi connectivity index (χ0n) is 9.71. The van der Waals surface area contributed by atoms with Gasteiger partial charge in [-0.2, -0.15) is 13.2 Å². The molecule has 106 valence electrons. The van der Waals surface area contributed by atoms with Crippen molar-refractivity contribution in [1.82, 2.24) is 4.98 Å². The van der Waals surface area contributed by atoms with E-state index in [-0.39, 0.29) is 15.6 Å². The van der Waals surface area contributed by atoms with Crippen molar-refractivity contribution in [2.24, 2.45) is 0 Å². The zero-order chi connectivity index (χ0) is 14.9. The molecular weight excluding hydrogens is 299 g/mol. The van der Waals surface area contributed by atoms with Gasteiger partial charge in [-0.25, -0.2) is 13.8 Å². The molecule has 0 unspecified atom stereocenters. The standard InChI is InChI=1S/C12H7F5N2S/c13-7-2-3-8(18)11(10(7)14)20-9-4-1-6(5-19-9)12(15,16)17/h1-5H,18H2. The van der Waals surface area contributed by atoms with E-state index < -0.39 is 23.4 Å². The van der Waals surface area contributed by atoms with E-state index in [0.717, 1.165) is 18.2 Å². The van der Waals surface area contributed by atoms with Crippen LogP contribution in [0.4, 0.5) is 27.6 Å². The quantitative estimate of drug-likeness (QED) is 0.670. The van der Waals surface area contributed by atoms with Crippen molar-refractivity contribution in [3.63, 3.8) is 0 Å². The van der Waals surface area contributed by atoms with Gasteiger partial charge in [-0.15, -0.1) is 0 Å². The third-order valence-corrected chi connectivity index (χ3v) is 3.42. The predicted octanol–water partition coefficient (Wildman–Crippen LogP) is 4.11. The van der Waals surface area contributed by atoms with Gasteiger partial charge in [0.05, 0.1) is 10.5 Å². The summed E-state index contributed by atoms with van der Waals surface area (Å²) in [5, 5.41) is 0.0780. The fourth-order valence-corrected chi connectivity index (χ4v) is 2.19. The Morgan fingerprint density at radius 1 is 1.05 bits per heavy atom. The number of aromatic nitrogens is 1. The Bertz CT molecular complexity index is 625. The SMILES string of the molecule is Nc1ccc(F)c(F)c1Sc1ccc(C(F)(F)F)cn1. The second kappa shape index (κ2) is 5.28. The molecule has 2 nitrogen and oxygen atoms in total. The molecule has 0 saturated heterocycles. The maximum absolute atomic E-state index is 13.5. The van der Waals surface area contributed by atoms with Gasteiger partial charge in [0.15, 0.2) is 11.6 Å². The Morgan fingerprint density at radius 3 is 2.30 bits per heavy atom. The third-order valence-electron chi connectivity index (χ3n) is 2.35.